The predicted octanol–water partition coefficient (Wildman–Crippen LogP) is 2.34. The second kappa shape index (κ2) is 6.93. The number of piperidine rings is 1. The number of hydrogen-bond acceptors (Lipinski definition) is 7. The van der Waals surface area contributed by atoms with Gasteiger partial charge in [0.15, 0.2) is 5.84 Å². The Labute approximate surface area is 137 Å². The van der Waals surface area contributed by atoms with Crippen molar-refractivity contribution in [1.29, 1.82) is 0 Å². The van der Waals surface area contributed by atoms with Crippen molar-refractivity contribution in [1.82, 2.24) is 5.32 Å². The quantitative estimate of drug-likeness (QED) is 0.573. The van der Waals surface area contributed by atoms with Gasteiger partial charge in [0.2, 0.25) is 0 Å². The Hall–Kier alpha value is -1.19. The van der Waals surface area contributed by atoms with Crippen LogP contribution in [0.2, 0.25) is 0 Å². The van der Waals surface area contributed by atoms with Crippen LogP contribution in [0.15, 0.2) is 22.6 Å². The minimum Gasteiger partial charge on any atom is -0.491 e. The van der Waals surface area contributed by atoms with Crippen LogP contribution in [0.1, 0.15) is 24.8 Å². The summed E-state index contributed by atoms with van der Waals surface area (Å²) in [6.45, 7) is 1.58. The molecule has 2 aliphatic heterocycles. The summed E-state index contributed by atoms with van der Waals surface area (Å²) < 4.78 is 31.4. The van der Waals surface area contributed by atoms with Crippen molar-refractivity contribution in [2.45, 2.75) is 25.3 Å². The summed E-state index contributed by atoms with van der Waals surface area (Å²) in [6.07, 6.45) is 3.51. The lowest BCUT2D eigenvalue weighted by atomic mass is 10.1. The molecule has 3 rings (SSSR count). The molecule has 0 amide bonds. The molecule has 6 N–H and O–H groups in total. The van der Waals surface area contributed by atoms with Crippen molar-refractivity contribution in [2.75, 3.05) is 17.9 Å². The van der Waals surface area contributed by atoms with E-state index in [2.05, 4.69) is 14.4 Å². The van der Waals surface area contributed by atoms with Crippen LogP contribution in [0.25, 0.3) is 0 Å². The summed E-state index contributed by atoms with van der Waals surface area (Å²) in [4.78, 5) is 0. The van der Waals surface area contributed by atoms with E-state index < -0.39 is 11.0 Å². The zero-order valence-electron chi connectivity index (χ0n) is 12.0. The molecule has 0 aromatic heterocycles. The number of rotatable bonds is 3. The summed E-state index contributed by atoms with van der Waals surface area (Å²) in [7, 11) is -3.25. The number of halogens is 1. The van der Waals surface area contributed by atoms with Crippen LogP contribution in [0.3, 0.4) is 0 Å². The highest BCUT2D eigenvalue weighted by molar-refractivity contribution is 8.24. The van der Waals surface area contributed by atoms with Crippen LogP contribution in [-0.2, 0) is 0 Å². The van der Waals surface area contributed by atoms with E-state index >= 15 is 0 Å². The molecule has 0 bridgehead atoms. The van der Waals surface area contributed by atoms with E-state index in [0.717, 1.165) is 13.0 Å². The first kappa shape index (κ1) is 17.2. The topological polar surface area (TPSA) is 112 Å². The van der Waals surface area contributed by atoms with E-state index in [9.17, 15) is 9.11 Å². The van der Waals surface area contributed by atoms with Gasteiger partial charge in [0.25, 0.3) is 0 Å². The van der Waals surface area contributed by atoms with Crippen LogP contribution in [0, 0.1) is 0 Å². The Morgan fingerprint density at radius 1 is 1.36 bits per heavy atom. The first-order valence-corrected chi connectivity index (χ1v) is 8.46. The van der Waals surface area contributed by atoms with E-state index in [1.807, 2.05) is 6.07 Å². The minimum atomic E-state index is -3.25. The van der Waals surface area contributed by atoms with Crippen LogP contribution < -0.4 is 20.5 Å². The average Bonchev–Trinajstić information content (AvgIpc) is 2.44. The standard InChI is InChI=1S/C13H20N4O3S.ClH/c14-13-12-10(16-21(18,19)17-13)5-3-6-11(12)20-8-9-4-1-2-7-15-9;/h3,5-6,9,15-16,18-19H,1-2,4,7-8H2,(H2,14,17);1H. The first-order valence-electron chi connectivity index (χ1n) is 6.96. The number of fused-ring (bicyclic) bond motifs is 1. The lowest BCUT2D eigenvalue weighted by molar-refractivity contribution is 0.239. The SMILES string of the molecule is Cl.NC1=NS(O)(O)Nc2cccc(OCC3CCCCN3)c21. The maximum absolute atomic E-state index is 9.63. The molecular formula is C13H21ClN4O3S. The Kier molecular flexibility index (Phi) is 5.41. The van der Waals surface area contributed by atoms with Crippen LogP contribution in [0.4, 0.5) is 5.69 Å². The summed E-state index contributed by atoms with van der Waals surface area (Å²) in [5.41, 5.74) is 6.95. The number of amidine groups is 1. The Balaban J connectivity index is 0.00000176. The third-order valence-electron chi connectivity index (χ3n) is 3.61. The highest BCUT2D eigenvalue weighted by Gasteiger charge is 2.25. The van der Waals surface area contributed by atoms with Gasteiger partial charge in [0.1, 0.15) is 12.4 Å². The Morgan fingerprint density at radius 2 is 2.18 bits per heavy atom. The predicted molar refractivity (Wildman–Crippen MR) is 92.0 cm³/mol. The van der Waals surface area contributed by atoms with Gasteiger partial charge in [0, 0.05) is 6.04 Å². The molecule has 0 saturated carbocycles. The lowest BCUT2D eigenvalue weighted by Crippen LogP contribution is -2.38. The smallest absolute Gasteiger partial charge is 0.158 e. The number of nitrogens with one attached hydrogen (secondary N) is 2. The molecule has 1 fully saturated rings. The van der Waals surface area contributed by atoms with Gasteiger partial charge in [0.05, 0.1) is 11.3 Å². The highest BCUT2D eigenvalue weighted by Crippen LogP contribution is 2.46. The molecule has 1 saturated heterocycles. The first-order chi connectivity index (χ1) is 10.1. The van der Waals surface area contributed by atoms with Gasteiger partial charge in [-0.3, -0.25) is 13.8 Å². The number of hydrogen-bond donors (Lipinski definition) is 5. The molecule has 0 radical (unpaired) electrons. The van der Waals surface area contributed by atoms with E-state index in [0.29, 0.717) is 29.6 Å². The molecule has 2 heterocycles. The van der Waals surface area contributed by atoms with E-state index in [1.54, 1.807) is 12.1 Å². The van der Waals surface area contributed by atoms with Crippen molar-refractivity contribution in [3.05, 3.63) is 23.8 Å². The van der Waals surface area contributed by atoms with Gasteiger partial charge in [-0.05, 0) is 42.5 Å². The molecule has 1 atom stereocenters. The number of nitrogens with two attached hydrogens (primary N) is 1. The van der Waals surface area contributed by atoms with Crippen molar-refractivity contribution >= 4 is 34.9 Å². The maximum atomic E-state index is 9.63. The summed E-state index contributed by atoms with van der Waals surface area (Å²) >= 11 is 0. The largest absolute Gasteiger partial charge is 0.491 e. The van der Waals surface area contributed by atoms with Crippen molar-refractivity contribution in [3.63, 3.8) is 0 Å². The monoisotopic (exact) mass is 348 g/mol. The van der Waals surface area contributed by atoms with Gasteiger partial charge >= 0.3 is 0 Å². The fourth-order valence-electron chi connectivity index (χ4n) is 2.61. The number of anilines is 1. The molecule has 9 heteroatoms. The lowest BCUT2D eigenvalue weighted by Gasteiger charge is -2.33. The van der Waals surface area contributed by atoms with Crippen molar-refractivity contribution in [2.24, 2.45) is 10.1 Å². The molecule has 0 spiro atoms. The Bertz CT molecular complexity index is 564. The number of benzene rings is 1. The highest BCUT2D eigenvalue weighted by atomic mass is 35.5. The van der Waals surface area contributed by atoms with Crippen LogP contribution in [-0.4, -0.2) is 34.1 Å². The zero-order chi connectivity index (χ0) is 14.9. The third-order valence-corrected chi connectivity index (χ3v) is 4.55. The van der Waals surface area contributed by atoms with Gasteiger partial charge < -0.3 is 15.8 Å². The number of nitrogens with zero attached hydrogens (tertiary/aromatic N) is 1. The molecule has 1 aromatic rings. The van der Waals surface area contributed by atoms with Gasteiger partial charge in [-0.25, -0.2) is 0 Å². The van der Waals surface area contributed by atoms with Crippen molar-refractivity contribution in [3.8, 4) is 5.75 Å². The fourth-order valence-corrected chi connectivity index (χ4v) is 3.49. The fraction of sp³-hybridized carbons (Fsp3) is 0.462. The van der Waals surface area contributed by atoms with Crippen LogP contribution in [0.5, 0.6) is 5.75 Å². The molecule has 7 nitrogen and oxygen atoms in total. The molecular weight excluding hydrogens is 328 g/mol. The van der Waals surface area contributed by atoms with Gasteiger partial charge in [-0.15, -0.1) is 16.8 Å². The van der Waals surface area contributed by atoms with Gasteiger partial charge in [-0.2, -0.15) is 0 Å². The maximum Gasteiger partial charge on any atom is 0.158 e. The number of ether oxygens (including phenoxy) is 1. The van der Waals surface area contributed by atoms with E-state index in [-0.39, 0.29) is 18.2 Å². The van der Waals surface area contributed by atoms with E-state index in [1.165, 1.54) is 12.8 Å². The molecule has 2 aliphatic rings. The summed E-state index contributed by atoms with van der Waals surface area (Å²) in [5.74, 6) is 0.680. The van der Waals surface area contributed by atoms with Gasteiger partial charge in [-0.1, -0.05) is 12.5 Å². The summed E-state index contributed by atoms with van der Waals surface area (Å²) in [6, 6.07) is 5.65. The molecule has 0 aliphatic carbocycles. The Morgan fingerprint density at radius 3 is 2.91 bits per heavy atom. The molecule has 1 aromatic carbocycles. The normalized spacial score (nSPS) is 24.1. The molecule has 1 unspecified atom stereocenters. The average molecular weight is 349 g/mol. The zero-order valence-corrected chi connectivity index (χ0v) is 13.6. The molecule has 22 heavy (non-hydrogen) atoms. The second-order valence-electron chi connectivity index (χ2n) is 5.23. The van der Waals surface area contributed by atoms with Crippen molar-refractivity contribution < 1.29 is 13.8 Å². The van der Waals surface area contributed by atoms with Crippen LogP contribution >= 0.6 is 23.4 Å². The third kappa shape index (κ3) is 3.76. The molecule has 124 valence electrons. The minimum absolute atomic E-state index is 0. The van der Waals surface area contributed by atoms with E-state index in [4.69, 9.17) is 10.5 Å². The second-order valence-corrected chi connectivity index (χ2v) is 6.66. The summed E-state index contributed by atoms with van der Waals surface area (Å²) in [5, 5.41) is 3.42.